The number of hydrogen-bond acceptors (Lipinski definition) is 5. The Balaban J connectivity index is 1.72. The van der Waals surface area contributed by atoms with Gasteiger partial charge < -0.3 is 14.7 Å². The Kier molecular flexibility index (Phi) is 6.92. The number of carbonyl (C=O) groups excluding carboxylic acids is 2. The number of terminal acetylenes is 1. The van der Waals surface area contributed by atoms with Gasteiger partial charge in [-0.25, -0.2) is 4.39 Å². The van der Waals surface area contributed by atoms with Crippen molar-refractivity contribution in [2.45, 2.75) is 19.4 Å². The molecule has 0 atom stereocenters. The number of allylic oxidation sites excluding steroid dienone is 1. The Labute approximate surface area is 187 Å². The molecule has 32 heavy (non-hydrogen) atoms. The maximum Gasteiger partial charge on any atom is 0.224 e. The average Bonchev–Trinajstić information content (AvgIpc) is 3.04. The van der Waals surface area contributed by atoms with E-state index in [2.05, 4.69) is 5.92 Å². The highest BCUT2D eigenvalue weighted by Gasteiger charge is 2.31. The quantitative estimate of drug-likeness (QED) is 0.382. The Morgan fingerprint density at radius 1 is 1.03 bits per heavy atom. The monoisotopic (exact) mass is 430 g/mol. The van der Waals surface area contributed by atoms with E-state index in [0.29, 0.717) is 5.82 Å². The van der Waals surface area contributed by atoms with Crippen LogP contribution in [0.5, 0.6) is 0 Å². The highest BCUT2D eigenvalue weighted by atomic mass is 19.1. The molecule has 1 aliphatic rings. The van der Waals surface area contributed by atoms with Gasteiger partial charge in [-0.15, -0.1) is 6.42 Å². The van der Waals surface area contributed by atoms with E-state index in [9.17, 15) is 19.2 Å². The molecule has 1 aliphatic heterocycles. The second-order valence-electron chi connectivity index (χ2n) is 7.42. The molecular weight excluding hydrogens is 407 g/mol. The van der Waals surface area contributed by atoms with Gasteiger partial charge in [-0.05, 0) is 29.8 Å². The summed E-state index contributed by atoms with van der Waals surface area (Å²) in [6.07, 6.45) is 5.19. The zero-order chi connectivity index (χ0) is 23.3. The molecular formula is C25H23FN4O2. The summed E-state index contributed by atoms with van der Waals surface area (Å²) >= 11 is 0. The van der Waals surface area contributed by atoms with E-state index < -0.39 is 5.78 Å². The number of nitrogens with zero attached hydrogens (tertiary/aromatic N) is 4. The van der Waals surface area contributed by atoms with Gasteiger partial charge in [-0.1, -0.05) is 30.2 Å². The molecule has 0 aliphatic carbocycles. The number of ketones is 1. The first-order valence-electron chi connectivity index (χ1n) is 10.1. The lowest BCUT2D eigenvalue weighted by atomic mass is 10.1. The zero-order valence-corrected chi connectivity index (χ0v) is 18.0. The normalized spacial score (nSPS) is 12.1. The number of amides is 1. The maximum absolute atomic E-state index is 13.1. The van der Waals surface area contributed by atoms with Gasteiger partial charge in [0.25, 0.3) is 0 Å². The lowest BCUT2D eigenvalue weighted by molar-refractivity contribution is -0.132. The van der Waals surface area contributed by atoms with Gasteiger partial charge in [-0.3, -0.25) is 9.59 Å². The van der Waals surface area contributed by atoms with Crippen molar-refractivity contribution in [3.05, 3.63) is 71.3 Å². The zero-order valence-electron chi connectivity index (χ0n) is 18.0. The van der Waals surface area contributed by atoms with Crippen LogP contribution in [0.1, 0.15) is 18.4 Å². The van der Waals surface area contributed by atoms with Crippen molar-refractivity contribution >= 4 is 23.1 Å². The molecule has 7 heteroatoms. The van der Waals surface area contributed by atoms with Gasteiger partial charge in [0.15, 0.2) is 5.78 Å². The van der Waals surface area contributed by atoms with E-state index in [1.165, 1.54) is 17.0 Å². The van der Waals surface area contributed by atoms with Crippen molar-refractivity contribution < 1.29 is 14.0 Å². The molecule has 0 fully saturated rings. The van der Waals surface area contributed by atoms with Gasteiger partial charge in [0, 0.05) is 33.5 Å². The number of anilines is 2. The smallest absolute Gasteiger partial charge is 0.224 e. The number of nitriles is 1. The Morgan fingerprint density at radius 3 is 2.16 bits per heavy atom. The number of carbonyl (C=O) groups is 2. The summed E-state index contributed by atoms with van der Waals surface area (Å²) in [7, 11) is 3.59. The fraction of sp³-hybridized carbons (Fsp3) is 0.240. The fourth-order valence-electron chi connectivity index (χ4n) is 3.71. The standard InChI is InChI=1S/C25H23FN4O2/c1-4-15-30(17-18-9-11-19(26)12-10-18)24(32)14-13-23(31)20(16-27)25-28(2)21-7-5-6-8-22(21)29(25)3/h1,5-12H,13-15,17H2,2-3H3. The van der Waals surface area contributed by atoms with Crippen LogP contribution in [0.2, 0.25) is 0 Å². The minimum Gasteiger partial charge on any atom is -0.328 e. The van der Waals surface area contributed by atoms with Gasteiger partial charge in [0.1, 0.15) is 23.3 Å². The van der Waals surface area contributed by atoms with E-state index in [0.717, 1.165) is 16.9 Å². The number of fused-ring (bicyclic) bond motifs is 1. The van der Waals surface area contributed by atoms with Crippen LogP contribution in [0.25, 0.3) is 0 Å². The Bertz CT molecular complexity index is 1110. The van der Waals surface area contributed by atoms with Crippen LogP contribution in [0, 0.1) is 29.5 Å². The third kappa shape index (κ3) is 4.63. The third-order valence-corrected chi connectivity index (χ3v) is 5.34. The Hall–Kier alpha value is -4.10. The summed E-state index contributed by atoms with van der Waals surface area (Å²) < 4.78 is 13.1. The van der Waals surface area contributed by atoms with Gasteiger partial charge in [0.2, 0.25) is 5.91 Å². The van der Waals surface area contributed by atoms with E-state index in [1.54, 1.807) is 36.0 Å². The molecule has 162 valence electrons. The lowest BCUT2D eigenvalue weighted by Crippen LogP contribution is -2.31. The first-order valence-corrected chi connectivity index (χ1v) is 10.1. The van der Waals surface area contributed by atoms with Crippen LogP contribution in [0.3, 0.4) is 0 Å². The number of halogens is 1. The highest BCUT2D eigenvalue weighted by Crippen LogP contribution is 2.40. The molecule has 0 saturated carbocycles. The number of rotatable bonds is 7. The van der Waals surface area contributed by atoms with Crippen LogP contribution in [0.4, 0.5) is 15.8 Å². The summed E-state index contributed by atoms with van der Waals surface area (Å²) in [6.45, 7) is 0.280. The number of Topliss-reactive ketones (excluding diaryl/α,β-unsaturated/α-hetero) is 1. The molecule has 0 radical (unpaired) electrons. The summed E-state index contributed by atoms with van der Waals surface area (Å²) in [5.41, 5.74) is 2.51. The summed E-state index contributed by atoms with van der Waals surface area (Å²) in [4.78, 5) is 30.7. The van der Waals surface area contributed by atoms with Gasteiger partial charge >= 0.3 is 0 Å². The average molecular weight is 430 g/mol. The van der Waals surface area contributed by atoms with E-state index in [4.69, 9.17) is 6.42 Å². The molecule has 3 rings (SSSR count). The topological polar surface area (TPSA) is 67.6 Å². The first-order chi connectivity index (χ1) is 15.4. The molecule has 0 unspecified atom stereocenters. The molecule has 2 aromatic rings. The predicted octanol–water partition coefficient (Wildman–Crippen LogP) is 3.46. The van der Waals surface area contributed by atoms with E-state index in [-0.39, 0.29) is 43.2 Å². The molecule has 0 N–H and O–H groups in total. The van der Waals surface area contributed by atoms with Crippen LogP contribution in [-0.4, -0.2) is 37.2 Å². The SMILES string of the molecule is C#CCN(Cc1ccc(F)cc1)C(=O)CCC(=O)C(C#N)=C1N(C)c2ccccc2N1C. The molecule has 2 aromatic carbocycles. The van der Waals surface area contributed by atoms with Crippen LogP contribution >= 0.6 is 0 Å². The molecule has 1 heterocycles. The first kappa shape index (κ1) is 22.6. The summed E-state index contributed by atoms with van der Waals surface area (Å²) in [5, 5.41) is 9.71. The van der Waals surface area contributed by atoms with E-state index in [1.807, 2.05) is 30.3 Å². The number of para-hydroxylation sites is 2. The molecule has 0 bridgehead atoms. The van der Waals surface area contributed by atoms with Crippen molar-refractivity contribution in [3.8, 4) is 18.4 Å². The fourth-order valence-corrected chi connectivity index (χ4v) is 3.71. The summed E-state index contributed by atoms with van der Waals surface area (Å²) in [6, 6.07) is 15.4. The molecule has 0 aromatic heterocycles. The third-order valence-electron chi connectivity index (χ3n) is 5.34. The molecule has 0 saturated heterocycles. The highest BCUT2D eigenvalue weighted by molar-refractivity contribution is 6.03. The molecule has 0 spiro atoms. The number of benzene rings is 2. The van der Waals surface area contributed by atoms with Crippen LogP contribution in [-0.2, 0) is 16.1 Å². The van der Waals surface area contributed by atoms with Crippen molar-refractivity contribution in [1.82, 2.24) is 4.90 Å². The second kappa shape index (κ2) is 9.80. The maximum atomic E-state index is 13.1. The largest absolute Gasteiger partial charge is 0.328 e. The second-order valence-corrected chi connectivity index (χ2v) is 7.42. The minimum absolute atomic E-state index is 0.000958. The Morgan fingerprint density at radius 2 is 1.62 bits per heavy atom. The van der Waals surface area contributed by atoms with E-state index >= 15 is 0 Å². The molecule has 6 nitrogen and oxygen atoms in total. The lowest BCUT2D eigenvalue weighted by Gasteiger charge is -2.21. The van der Waals surface area contributed by atoms with Crippen molar-refractivity contribution in [1.29, 1.82) is 5.26 Å². The van der Waals surface area contributed by atoms with Crippen molar-refractivity contribution in [2.75, 3.05) is 30.4 Å². The van der Waals surface area contributed by atoms with Gasteiger partial charge in [0.05, 0.1) is 17.9 Å². The minimum atomic E-state index is -0.412. The van der Waals surface area contributed by atoms with Crippen molar-refractivity contribution in [2.24, 2.45) is 0 Å². The van der Waals surface area contributed by atoms with Crippen LogP contribution < -0.4 is 9.80 Å². The number of hydrogen-bond donors (Lipinski definition) is 0. The van der Waals surface area contributed by atoms with Crippen LogP contribution in [0.15, 0.2) is 59.9 Å². The summed E-state index contributed by atoms with van der Waals surface area (Å²) in [5.74, 6) is 1.84. The van der Waals surface area contributed by atoms with Crippen molar-refractivity contribution in [3.63, 3.8) is 0 Å². The van der Waals surface area contributed by atoms with Gasteiger partial charge in [-0.2, -0.15) is 5.26 Å². The predicted molar refractivity (Wildman–Crippen MR) is 121 cm³/mol. The molecule has 1 amide bonds.